The van der Waals surface area contributed by atoms with Crippen LogP contribution >= 0.6 is 11.3 Å². The molecule has 7 nitrogen and oxygen atoms in total. The second-order valence-corrected chi connectivity index (χ2v) is 6.26. The molecule has 0 saturated carbocycles. The predicted octanol–water partition coefficient (Wildman–Crippen LogP) is 2.22. The Kier molecular flexibility index (Phi) is 4.66. The van der Waals surface area contributed by atoms with E-state index in [2.05, 4.69) is 10.1 Å². The van der Waals surface area contributed by atoms with Gasteiger partial charge in [-0.05, 0) is 24.1 Å². The number of carboxylic acids is 1. The molecule has 2 aromatic heterocycles. The molecule has 126 valence electrons. The molecule has 0 fully saturated rings. The van der Waals surface area contributed by atoms with E-state index in [-0.39, 0.29) is 6.42 Å². The van der Waals surface area contributed by atoms with Crippen molar-refractivity contribution in [1.82, 2.24) is 14.6 Å². The van der Waals surface area contributed by atoms with E-state index in [4.69, 9.17) is 14.6 Å². The highest BCUT2D eigenvalue weighted by atomic mass is 32.1. The monoisotopic (exact) mass is 347 g/mol. The third-order valence-corrected chi connectivity index (χ3v) is 4.53. The summed E-state index contributed by atoms with van der Waals surface area (Å²) in [4.78, 5) is 15.7. The van der Waals surface area contributed by atoms with Crippen molar-refractivity contribution < 1.29 is 19.4 Å². The number of methoxy groups -OCH3 is 2. The number of aromatic nitrogens is 3. The van der Waals surface area contributed by atoms with E-state index in [1.165, 1.54) is 11.3 Å². The summed E-state index contributed by atoms with van der Waals surface area (Å²) in [6.07, 6.45) is 3.17. The molecule has 0 saturated heterocycles. The van der Waals surface area contributed by atoms with Crippen LogP contribution in [0.15, 0.2) is 24.4 Å². The van der Waals surface area contributed by atoms with Crippen LogP contribution in [0.25, 0.3) is 4.96 Å². The Morgan fingerprint density at radius 3 is 2.71 bits per heavy atom. The first kappa shape index (κ1) is 16.3. The molecule has 3 aromatic rings. The summed E-state index contributed by atoms with van der Waals surface area (Å²) in [7, 11) is 3.23. The van der Waals surface area contributed by atoms with Gasteiger partial charge in [-0.1, -0.05) is 17.4 Å². The Labute approximate surface area is 142 Å². The number of aryl methyl sites for hydroxylation is 2. The van der Waals surface area contributed by atoms with Crippen LogP contribution in [0.2, 0.25) is 0 Å². The summed E-state index contributed by atoms with van der Waals surface area (Å²) >= 11 is 1.47. The zero-order valence-electron chi connectivity index (χ0n) is 13.4. The first-order chi connectivity index (χ1) is 11.6. The van der Waals surface area contributed by atoms with Crippen LogP contribution in [0, 0.1) is 0 Å². The number of hydrogen-bond acceptors (Lipinski definition) is 6. The fourth-order valence-corrected chi connectivity index (χ4v) is 3.31. The van der Waals surface area contributed by atoms with E-state index in [0.717, 1.165) is 23.4 Å². The van der Waals surface area contributed by atoms with Gasteiger partial charge in [0.2, 0.25) is 4.96 Å². The van der Waals surface area contributed by atoms with Crippen molar-refractivity contribution in [3.63, 3.8) is 0 Å². The average Bonchev–Trinajstić information content (AvgIpc) is 3.09. The lowest BCUT2D eigenvalue weighted by Crippen LogP contribution is -2.00. The minimum Gasteiger partial charge on any atom is -0.493 e. The normalized spacial score (nSPS) is 10.9. The molecule has 0 amide bonds. The van der Waals surface area contributed by atoms with E-state index in [1.807, 2.05) is 18.2 Å². The van der Waals surface area contributed by atoms with Crippen LogP contribution in [-0.4, -0.2) is 39.9 Å². The van der Waals surface area contributed by atoms with Gasteiger partial charge in [-0.3, -0.25) is 4.79 Å². The van der Waals surface area contributed by atoms with Crippen molar-refractivity contribution >= 4 is 22.3 Å². The summed E-state index contributed by atoms with van der Waals surface area (Å²) in [5.41, 5.74) is 1.65. The first-order valence-electron chi connectivity index (χ1n) is 7.35. The molecule has 0 bridgehead atoms. The molecule has 0 atom stereocenters. The van der Waals surface area contributed by atoms with Crippen LogP contribution < -0.4 is 9.47 Å². The van der Waals surface area contributed by atoms with Gasteiger partial charge in [-0.2, -0.15) is 5.10 Å². The van der Waals surface area contributed by atoms with Gasteiger partial charge in [0.15, 0.2) is 11.5 Å². The first-order valence-corrected chi connectivity index (χ1v) is 8.17. The Bertz CT molecular complexity index is 840. The minimum absolute atomic E-state index is 0.0863. The van der Waals surface area contributed by atoms with Crippen LogP contribution in [0.3, 0.4) is 0 Å². The molecule has 24 heavy (non-hydrogen) atoms. The fourth-order valence-electron chi connectivity index (χ4n) is 2.42. The van der Waals surface area contributed by atoms with Crippen molar-refractivity contribution in [1.29, 1.82) is 0 Å². The summed E-state index contributed by atoms with van der Waals surface area (Å²) < 4.78 is 12.2. The predicted molar refractivity (Wildman–Crippen MR) is 89.2 cm³/mol. The zero-order chi connectivity index (χ0) is 17.1. The van der Waals surface area contributed by atoms with Gasteiger partial charge in [0.05, 0.1) is 32.5 Å². The van der Waals surface area contributed by atoms with Crippen molar-refractivity contribution in [2.24, 2.45) is 0 Å². The Balaban J connectivity index is 1.69. The van der Waals surface area contributed by atoms with Gasteiger partial charge in [0.1, 0.15) is 5.01 Å². The molecular formula is C16H17N3O4S. The molecule has 0 aliphatic heterocycles. The van der Waals surface area contributed by atoms with E-state index in [9.17, 15) is 4.79 Å². The lowest BCUT2D eigenvalue weighted by molar-refractivity contribution is -0.136. The Morgan fingerprint density at radius 2 is 2.04 bits per heavy atom. The van der Waals surface area contributed by atoms with E-state index in [1.54, 1.807) is 24.9 Å². The summed E-state index contributed by atoms with van der Waals surface area (Å²) in [6.45, 7) is 0. The number of carboxylic acid groups (broad SMARTS) is 1. The standard InChI is InChI=1S/C16H17N3O4S/c1-22-12-5-3-10(7-13(12)23-2)4-6-14-18-19-9-11(8-15(20)21)17-16(19)24-14/h3,5,7,9H,4,6,8H2,1-2H3,(H,20,21). The van der Waals surface area contributed by atoms with Crippen LogP contribution in [0.5, 0.6) is 11.5 Å². The number of benzene rings is 1. The molecule has 1 N–H and O–H groups in total. The summed E-state index contributed by atoms with van der Waals surface area (Å²) in [6, 6.07) is 5.86. The highest BCUT2D eigenvalue weighted by Crippen LogP contribution is 2.28. The van der Waals surface area contributed by atoms with Gasteiger partial charge >= 0.3 is 5.97 Å². The summed E-state index contributed by atoms with van der Waals surface area (Å²) in [5.74, 6) is 0.525. The van der Waals surface area contributed by atoms with E-state index in [0.29, 0.717) is 22.2 Å². The Hall–Kier alpha value is -2.61. The summed E-state index contributed by atoms with van der Waals surface area (Å²) in [5, 5.41) is 14.2. The number of rotatable bonds is 7. The van der Waals surface area contributed by atoms with Gasteiger partial charge in [-0.25, -0.2) is 9.50 Å². The molecule has 1 aromatic carbocycles. The van der Waals surface area contributed by atoms with Crippen molar-refractivity contribution in [3.05, 3.63) is 40.7 Å². The fraction of sp³-hybridized carbons (Fsp3) is 0.312. The highest BCUT2D eigenvalue weighted by molar-refractivity contribution is 7.16. The topological polar surface area (TPSA) is 86.0 Å². The second kappa shape index (κ2) is 6.88. The SMILES string of the molecule is COc1ccc(CCc2nn3cc(CC(=O)O)nc3s2)cc1OC. The quantitative estimate of drug-likeness (QED) is 0.705. The highest BCUT2D eigenvalue weighted by Gasteiger charge is 2.11. The number of nitrogens with zero attached hydrogens (tertiary/aromatic N) is 3. The van der Waals surface area contributed by atoms with Gasteiger partial charge < -0.3 is 14.6 Å². The van der Waals surface area contributed by atoms with Gasteiger partial charge in [0.25, 0.3) is 0 Å². The van der Waals surface area contributed by atoms with Crippen molar-refractivity contribution in [2.45, 2.75) is 19.3 Å². The van der Waals surface area contributed by atoms with Crippen LogP contribution in [0.4, 0.5) is 0 Å². The van der Waals surface area contributed by atoms with Crippen molar-refractivity contribution in [2.75, 3.05) is 14.2 Å². The molecule has 2 heterocycles. The number of aliphatic carboxylic acids is 1. The molecule has 0 spiro atoms. The maximum Gasteiger partial charge on any atom is 0.309 e. The largest absolute Gasteiger partial charge is 0.493 e. The number of ether oxygens (including phenoxy) is 2. The molecular weight excluding hydrogens is 330 g/mol. The smallest absolute Gasteiger partial charge is 0.309 e. The van der Waals surface area contributed by atoms with E-state index < -0.39 is 5.97 Å². The lowest BCUT2D eigenvalue weighted by Gasteiger charge is -2.09. The number of hydrogen-bond donors (Lipinski definition) is 1. The maximum absolute atomic E-state index is 10.7. The van der Waals surface area contributed by atoms with Crippen LogP contribution in [-0.2, 0) is 24.1 Å². The van der Waals surface area contributed by atoms with Gasteiger partial charge in [0, 0.05) is 6.42 Å². The van der Waals surface area contributed by atoms with Crippen molar-refractivity contribution in [3.8, 4) is 11.5 Å². The molecule has 0 unspecified atom stereocenters. The number of imidazole rings is 1. The third-order valence-electron chi connectivity index (χ3n) is 3.54. The van der Waals surface area contributed by atoms with Crippen LogP contribution in [0.1, 0.15) is 16.3 Å². The number of fused-ring (bicyclic) bond motifs is 1. The lowest BCUT2D eigenvalue weighted by atomic mass is 10.1. The molecule has 3 rings (SSSR count). The Morgan fingerprint density at radius 1 is 1.25 bits per heavy atom. The van der Waals surface area contributed by atoms with E-state index >= 15 is 0 Å². The average molecular weight is 347 g/mol. The molecule has 0 radical (unpaired) electrons. The minimum atomic E-state index is -0.894. The van der Waals surface area contributed by atoms with Gasteiger partial charge in [-0.15, -0.1) is 0 Å². The second-order valence-electron chi connectivity index (χ2n) is 5.22. The molecule has 8 heteroatoms. The zero-order valence-corrected chi connectivity index (χ0v) is 14.2. The number of carbonyl (C=O) groups is 1. The molecule has 0 aliphatic carbocycles. The maximum atomic E-state index is 10.7. The molecule has 0 aliphatic rings. The third kappa shape index (κ3) is 3.48.